The second kappa shape index (κ2) is 20.0. The average Bonchev–Trinajstić information content (AvgIpc) is 3.41. The average molecular weight is 727 g/mol. The molecule has 0 aliphatic carbocycles. The van der Waals surface area contributed by atoms with Crippen molar-refractivity contribution in [1.82, 2.24) is 9.13 Å². The molecule has 2 aliphatic rings. The van der Waals surface area contributed by atoms with E-state index < -0.39 is 17.3 Å². The first kappa shape index (κ1) is 39.6. The highest BCUT2D eigenvalue weighted by Crippen LogP contribution is 2.40. The van der Waals surface area contributed by atoms with E-state index in [1.54, 1.807) is 12.1 Å². The Hall–Kier alpha value is -2.56. The van der Waals surface area contributed by atoms with Crippen molar-refractivity contribution in [3.63, 3.8) is 0 Å². The molecule has 0 radical (unpaired) electrons. The van der Waals surface area contributed by atoms with Crippen LogP contribution in [0.15, 0.2) is 23.0 Å². The number of benzene rings is 1. The van der Waals surface area contributed by atoms with E-state index in [2.05, 4.69) is 0 Å². The van der Waals surface area contributed by atoms with Crippen molar-refractivity contribution in [1.29, 1.82) is 0 Å². The number of alkyl halides is 3. The third-order valence-corrected chi connectivity index (χ3v) is 9.32. The predicted molar refractivity (Wildman–Crippen MR) is 185 cm³/mol. The van der Waals surface area contributed by atoms with Crippen LogP contribution in [-0.4, -0.2) is 101 Å². The first-order valence-corrected chi connectivity index (χ1v) is 18.3. The molecule has 0 amide bonds. The quantitative estimate of drug-likeness (QED) is 0.123. The molecule has 286 valence electrons. The van der Waals surface area contributed by atoms with E-state index in [0.717, 1.165) is 56.4 Å². The van der Waals surface area contributed by atoms with Gasteiger partial charge in [0.1, 0.15) is 0 Å². The van der Waals surface area contributed by atoms with Crippen molar-refractivity contribution in [3.05, 3.63) is 45.4 Å². The summed E-state index contributed by atoms with van der Waals surface area (Å²) in [4.78, 5) is 13.1. The molecule has 0 saturated carbocycles. The highest BCUT2D eigenvalue weighted by atomic mass is 19.4. The fraction of sp³-hybridized carbons (Fsp3) is 0.703. The molecule has 11 nitrogen and oxygen atoms in total. The highest BCUT2D eigenvalue weighted by Gasteiger charge is 2.35. The van der Waals surface area contributed by atoms with Crippen molar-refractivity contribution in [2.75, 3.05) is 79.3 Å². The summed E-state index contributed by atoms with van der Waals surface area (Å²) in [6.07, 6.45) is 1.70. The molecule has 2 aliphatic heterocycles. The molecular weight excluding hydrogens is 673 g/mol. The second-order valence-corrected chi connectivity index (χ2v) is 12.8. The normalized spacial score (nSPS) is 18.7. The van der Waals surface area contributed by atoms with Crippen LogP contribution >= 0.6 is 0 Å². The van der Waals surface area contributed by atoms with Crippen molar-refractivity contribution in [2.45, 2.75) is 90.6 Å². The topological polar surface area (TPSA) is 101 Å². The minimum atomic E-state index is -4.72. The SMILES string of the molecule is CCc1c(C)c2c3c(C(F)(F)F)cc(=O)n(CCOCCOCCOC4CCCCO4)c3ccc2n1CCOCCOCCOC1CCCCO1. The van der Waals surface area contributed by atoms with Crippen LogP contribution in [0.25, 0.3) is 21.8 Å². The van der Waals surface area contributed by atoms with Gasteiger partial charge in [-0.1, -0.05) is 6.92 Å². The Morgan fingerprint density at radius 1 is 0.706 bits per heavy atom. The second-order valence-electron chi connectivity index (χ2n) is 12.8. The number of halogens is 3. The van der Waals surface area contributed by atoms with Gasteiger partial charge >= 0.3 is 6.18 Å². The molecular formula is C37H53F3N2O9. The summed E-state index contributed by atoms with van der Waals surface area (Å²) >= 11 is 0. The standard InChI is InChI=1S/C37H53F3N2O9/c1-3-29-27(2)35-30(41(29)12-16-44-18-20-46-22-24-50-33-8-4-6-14-48-33)10-11-31-36(35)28(37(38,39)40)26-32(43)42(31)13-17-45-19-21-47-23-25-51-34-9-5-7-15-49-34/h10-11,26,33-34H,3-9,12-25H2,1-2H3. The van der Waals surface area contributed by atoms with Crippen molar-refractivity contribution >= 4 is 21.8 Å². The Balaban J connectivity index is 1.17. The van der Waals surface area contributed by atoms with Gasteiger partial charge in [-0.25, -0.2) is 0 Å². The minimum Gasteiger partial charge on any atom is -0.377 e. The molecule has 2 unspecified atom stereocenters. The smallest absolute Gasteiger partial charge is 0.377 e. The van der Waals surface area contributed by atoms with E-state index >= 15 is 0 Å². The third kappa shape index (κ3) is 11.0. The molecule has 0 spiro atoms. The molecule has 4 heterocycles. The molecule has 2 saturated heterocycles. The van der Waals surface area contributed by atoms with Gasteiger partial charge in [0.05, 0.1) is 77.1 Å². The summed E-state index contributed by atoms with van der Waals surface area (Å²) in [7, 11) is 0. The predicted octanol–water partition coefficient (Wildman–Crippen LogP) is 6.00. The number of hydrogen-bond acceptors (Lipinski definition) is 9. The van der Waals surface area contributed by atoms with E-state index in [4.69, 9.17) is 37.9 Å². The molecule has 2 aromatic heterocycles. The first-order chi connectivity index (χ1) is 24.8. The molecule has 0 N–H and O–H groups in total. The van der Waals surface area contributed by atoms with Gasteiger partial charge in [-0.3, -0.25) is 4.79 Å². The Morgan fingerprint density at radius 3 is 1.69 bits per heavy atom. The summed E-state index contributed by atoms with van der Waals surface area (Å²) in [6, 6.07) is 4.12. The zero-order chi connectivity index (χ0) is 36.1. The summed E-state index contributed by atoms with van der Waals surface area (Å²) in [5, 5.41) is 0.511. The molecule has 5 rings (SSSR count). The minimum absolute atomic E-state index is 0.0194. The molecule has 1 aromatic carbocycles. The summed E-state index contributed by atoms with van der Waals surface area (Å²) in [5.41, 5.74) is 0.904. The van der Waals surface area contributed by atoms with Gasteiger partial charge in [-0.15, -0.1) is 0 Å². The molecule has 2 fully saturated rings. The number of aryl methyl sites for hydroxylation is 1. The van der Waals surface area contributed by atoms with Gasteiger partial charge in [0, 0.05) is 54.4 Å². The highest BCUT2D eigenvalue weighted by molar-refractivity contribution is 6.09. The number of hydrogen-bond donors (Lipinski definition) is 0. The number of nitrogens with zero attached hydrogens (tertiary/aromatic N) is 2. The van der Waals surface area contributed by atoms with Gasteiger partial charge < -0.3 is 47.0 Å². The van der Waals surface area contributed by atoms with Crippen molar-refractivity contribution in [3.8, 4) is 0 Å². The van der Waals surface area contributed by atoms with E-state index in [1.807, 2.05) is 18.4 Å². The lowest BCUT2D eigenvalue weighted by Crippen LogP contribution is -2.25. The summed E-state index contributed by atoms with van der Waals surface area (Å²) < 4.78 is 92.0. The molecule has 3 aromatic rings. The van der Waals surface area contributed by atoms with E-state index in [1.165, 1.54) is 4.57 Å². The number of ether oxygens (including phenoxy) is 8. The Labute approximate surface area is 297 Å². The van der Waals surface area contributed by atoms with Gasteiger partial charge in [0.25, 0.3) is 5.56 Å². The third-order valence-electron chi connectivity index (χ3n) is 9.32. The Bertz CT molecular complexity index is 1560. The maximum absolute atomic E-state index is 14.5. The van der Waals surface area contributed by atoms with E-state index in [-0.39, 0.29) is 43.2 Å². The van der Waals surface area contributed by atoms with Gasteiger partial charge in [0.15, 0.2) is 12.6 Å². The first-order valence-electron chi connectivity index (χ1n) is 18.3. The number of pyridine rings is 1. The largest absolute Gasteiger partial charge is 0.417 e. The van der Waals surface area contributed by atoms with Crippen LogP contribution in [0, 0.1) is 6.92 Å². The summed E-state index contributed by atoms with van der Waals surface area (Å²) in [6.45, 7) is 9.42. The van der Waals surface area contributed by atoms with E-state index in [0.29, 0.717) is 89.4 Å². The molecule has 0 bridgehead atoms. The van der Waals surface area contributed by atoms with Gasteiger partial charge in [-0.05, 0) is 69.6 Å². The lowest BCUT2D eigenvalue weighted by Gasteiger charge is -2.22. The lowest BCUT2D eigenvalue weighted by molar-refractivity contribution is -0.169. The maximum atomic E-state index is 14.5. The summed E-state index contributed by atoms with van der Waals surface area (Å²) in [5.74, 6) is 0. The Kier molecular flexibility index (Phi) is 15.6. The van der Waals surface area contributed by atoms with Crippen LogP contribution in [0.2, 0.25) is 0 Å². The molecule has 51 heavy (non-hydrogen) atoms. The number of rotatable bonds is 21. The monoisotopic (exact) mass is 726 g/mol. The van der Waals surface area contributed by atoms with Crippen LogP contribution in [0.1, 0.15) is 62.3 Å². The van der Waals surface area contributed by atoms with Crippen LogP contribution < -0.4 is 5.56 Å². The zero-order valence-electron chi connectivity index (χ0n) is 29.9. The van der Waals surface area contributed by atoms with Gasteiger partial charge in [0.2, 0.25) is 0 Å². The van der Waals surface area contributed by atoms with Crippen LogP contribution in [0.3, 0.4) is 0 Å². The number of fused-ring (bicyclic) bond motifs is 3. The van der Waals surface area contributed by atoms with Crippen molar-refractivity contribution in [2.24, 2.45) is 0 Å². The van der Waals surface area contributed by atoms with Gasteiger partial charge in [-0.2, -0.15) is 13.2 Å². The fourth-order valence-corrected chi connectivity index (χ4v) is 6.85. The van der Waals surface area contributed by atoms with Crippen LogP contribution in [-0.2, 0) is 63.6 Å². The zero-order valence-corrected chi connectivity index (χ0v) is 29.9. The van der Waals surface area contributed by atoms with E-state index in [9.17, 15) is 18.0 Å². The lowest BCUT2D eigenvalue weighted by atomic mass is 10.0. The van der Waals surface area contributed by atoms with Crippen LogP contribution in [0.5, 0.6) is 0 Å². The van der Waals surface area contributed by atoms with Crippen LogP contribution in [0.4, 0.5) is 13.2 Å². The molecule has 14 heteroatoms. The molecule has 2 atom stereocenters. The maximum Gasteiger partial charge on any atom is 0.417 e. The Morgan fingerprint density at radius 2 is 1.20 bits per heavy atom. The number of aromatic nitrogens is 2. The fourth-order valence-electron chi connectivity index (χ4n) is 6.85. The van der Waals surface area contributed by atoms with Crippen molar-refractivity contribution < 1.29 is 51.1 Å².